The van der Waals surface area contributed by atoms with Crippen LogP contribution in [0.15, 0.2) is 48.5 Å². The minimum atomic E-state index is -3.12. The third-order valence-electron chi connectivity index (χ3n) is 5.72. The average Bonchev–Trinajstić information content (AvgIpc) is 3.32. The summed E-state index contributed by atoms with van der Waals surface area (Å²) in [5, 5.41) is 7.17. The van der Waals surface area contributed by atoms with Gasteiger partial charge in [0.2, 0.25) is 0 Å². The summed E-state index contributed by atoms with van der Waals surface area (Å²) >= 11 is 0. The quantitative estimate of drug-likeness (QED) is 0.656. The second-order valence-corrected chi connectivity index (χ2v) is 10.2. The fraction of sp³-hybridized carbons (Fsp3) is 0.304. The number of nitrogens with zero attached hydrogens (tertiary/aromatic N) is 2. The van der Waals surface area contributed by atoms with E-state index < -0.39 is 15.7 Å². The molecule has 2 aromatic carbocycles. The largest absolute Gasteiger partial charge is 0.346 e. The minimum Gasteiger partial charge on any atom is -0.346 e. The molecule has 1 amide bonds. The lowest BCUT2D eigenvalue weighted by Gasteiger charge is -2.14. The van der Waals surface area contributed by atoms with Crippen molar-refractivity contribution in [2.45, 2.75) is 32.9 Å². The van der Waals surface area contributed by atoms with E-state index in [1.54, 1.807) is 28.9 Å². The molecule has 1 aromatic heterocycles. The molecule has 4 rings (SSSR count). The summed E-state index contributed by atoms with van der Waals surface area (Å²) < 4.78 is 39.6. The van der Waals surface area contributed by atoms with Crippen LogP contribution in [-0.2, 0) is 16.4 Å². The van der Waals surface area contributed by atoms with Gasteiger partial charge < -0.3 is 5.32 Å². The van der Waals surface area contributed by atoms with E-state index in [-0.39, 0.29) is 35.6 Å². The van der Waals surface area contributed by atoms with E-state index in [2.05, 4.69) is 10.4 Å². The van der Waals surface area contributed by atoms with Crippen molar-refractivity contribution >= 4 is 15.7 Å². The lowest BCUT2D eigenvalue weighted by atomic mass is 10.0. The fourth-order valence-corrected chi connectivity index (χ4v) is 5.47. The van der Waals surface area contributed by atoms with Crippen molar-refractivity contribution in [3.63, 3.8) is 0 Å². The zero-order valence-electron chi connectivity index (χ0n) is 17.4. The predicted octanol–water partition coefficient (Wildman–Crippen LogP) is 3.60. The van der Waals surface area contributed by atoms with Crippen LogP contribution in [0.5, 0.6) is 0 Å². The third kappa shape index (κ3) is 4.54. The molecule has 0 aliphatic carbocycles. The van der Waals surface area contributed by atoms with Gasteiger partial charge in [0.1, 0.15) is 5.82 Å². The Kier molecular flexibility index (Phi) is 5.66. The molecule has 1 fully saturated rings. The highest BCUT2D eigenvalue weighted by atomic mass is 32.2. The Labute approximate surface area is 181 Å². The van der Waals surface area contributed by atoms with Gasteiger partial charge >= 0.3 is 0 Å². The van der Waals surface area contributed by atoms with Gasteiger partial charge in [-0.05, 0) is 49.6 Å². The van der Waals surface area contributed by atoms with Crippen LogP contribution in [-0.4, -0.2) is 35.6 Å². The maximum atomic E-state index is 13.9. The zero-order chi connectivity index (χ0) is 22.2. The van der Waals surface area contributed by atoms with Crippen molar-refractivity contribution in [2.24, 2.45) is 0 Å². The maximum Gasteiger partial charge on any atom is 0.272 e. The molecule has 0 saturated carbocycles. The number of aryl methyl sites for hydroxylation is 2. The lowest BCUT2D eigenvalue weighted by molar-refractivity contribution is 0.0944. The Morgan fingerprint density at radius 3 is 2.61 bits per heavy atom. The standard InChI is InChI=1S/C23H24FN3O3S/c1-15-7-8-17(11-16(15)2)22-12-21(26-27(22)19-9-10-31(29,30)14-19)23(28)25-13-18-5-3-4-6-20(18)24/h3-8,11-12,19H,9-10,13-14H2,1-2H3,(H,25,28). The van der Waals surface area contributed by atoms with Gasteiger partial charge in [0.25, 0.3) is 5.91 Å². The Hall–Kier alpha value is -3.00. The molecule has 6 nitrogen and oxygen atoms in total. The van der Waals surface area contributed by atoms with Crippen LogP contribution in [0.4, 0.5) is 4.39 Å². The van der Waals surface area contributed by atoms with Crippen LogP contribution in [0.1, 0.15) is 39.6 Å². The fourth-order valence-electron chi connectivity index (χ4n) is 3.78. The van der Waals surface area contributed by atoms with Crippen molar-refractivity contribution in [3.05, 3.63) is 76.7 Å². The molecule has 0 bridgehead atoms. The van der Waals surface area contributed by atoms with Gasteiger partial charge in [0.15, 0.2) is 15.5 Å². The summed E-state index contributed by atoms with van der Waals surface area (Å²) in [6.07, 6.45) is 0.456. The maximum absolute atomic E-state index is 13.9. The first-order valence-corrected chi connectivity index (χ1v) is 11.9. The first-order chi connectivity index (χ1) is 14.7. The Morgan fingerprint density at radius 1 is 1.16 bits per heavy atom. The second-order valence-electron chi connectivity index (χ2n) is 7.99. The van der Waals surface area contributed by atoms with E-state index in [9.17, 15) is 17.6 Å². The summed E-state index contributed by atoms with van der Waals surface area (Å²) in [5.41, 5.74) is 4.35. The van der Waals surface area contributed by atoms with E-state index in [0.29, 0.717) is 17.7 Å². The van der Waals surface area contributed by atoms with Crippen molar-refractivity contribution in [3.8, 4) is 11.3 Å². The molecular weight excluding hydrogens is 417 g/mol. The Morgan fingerprint density at radius 2 is 1.94 bits per heavy atom. The van der Waals surface area contributed by atoms with Crippen LogP contribution in [0.3, 0.4) is 0 Å². The Balaban J connectivity index is 1.66. The molecule has 0 radical (unpaired) electrons. The molecule has 0 spiro atoms. The van der Waals surface area contributed by atoms with E-state index >= 15 is 0 Å². The van der Waals surface area contributed by atoms with Gasteiger partial charge in [-0.2, -0.15) is 5.10 Å². The highest BCUT2D eigenvalue weighted by Crippen LogP contribution is 2.31. The molecule has 2 heterocycles. The van der Waals surface area contributed by atoms with Crippen LogP contribution < -0.4 is 5.32 Å². The Bertz CT molecular complexity index is 1250. The van der Waals surface area contributed by atoms with Gasteiger partial charge in [-0.15, -0.1) is 0 Å². The number of nitrogens with one attached hydrogen (secondary N) is 1. The zero-order valence-corrected chi connectivity index (χ0v) is 18.2. The van der Waals surface area contributed by atoms with Crippen molar-refractivity contribution in [1.82, 2.24) is 15.1 Å². The number of carbonyl (C=O) groups is 1. The molecule has 3 aromatic rings. The first-order valence-electron chi connectivity index (χ1n) is 10.1. The van der Waals surface area contributed by atoms with E-state index in [1.807, 2.05) is 32.0 Å². The molecule has 8 heteroatoms. The highest BCUT2D eigenvalue weighted by Gasteiger charge is 2.32. The number of aromatic nitrogens is 2. The van der Waals surface area contributed by atoms with E-state index in [4.69, 9.17) is 0 Å². The molecule has 31 heavy (non-hydrogen) atoms. The molecule has 1 unspecified atom stereocenters. The van der Waals surface area contributed by atoms with Crippen LogP contribution in [0.2, 0.25) is 0 Å². The molecule has 1 saturated heterocycles. The molecule has 1 N–H and O–H groups in total. The summed E-state index contributed by atoms with van der Waals surface area (Å²) in [4.78, 5) is 12.8. The molecule has 1 aliphatic rings. The van der Waals surface area contributed by atoms with Crippen LogP contribution in [0, 0.1) is 19.7 Å². The van der Waals surface area contributed by atoms with Crippen LogP contribution in [0.25, 0.3) is 11.3 Å². The molecule has 162 valence electrons. The summed E-state index contributed by atoms with van der Waals surface area (Å²) in [6.45, 7) is 4.05. The molecule has 1 aliphatic heterocycles. The number of hydrogen-bond acceptors (Lipinski definition) is 4. The molecule has 1 atom stereocenters. The molecular formula is C23H24FN3O3S. The highest BCUT2D eigenvalue weighted by molar-refractivity contribution is 7.91. The van der Waals surface area contributed by atoms with Gasteiger partial charge in [-0.1, -0.05) is 30.3 Å². The van der Waals surface area contributed by atoms with Gasteiger partial charge in [-0.25, -0.2) is 12.8 Å². The average molecular weight is 442 g/mol. The number of sulfone groups is 1. The van der Waals surface area contributed by atoms with Gasteiger partial charge in [0.05, 0.1) is 23.2 Å². The normalized spacial score (nSPS) is 17.6. The number of amides is 1. The van der Waals surface area contributed by atoms with Crippen molar-refractivity contribution < 1.29 is 17.6 Å². The number of hydrogen-bond donors (Lipinski definition) is 1. The summed E-state index contributed by atoms with van der Waals surface area (Å²) in [7, 11) is -3.12. The van der Waals surface area contributed by atoms with Crippen molar-refractivity contribution in [2.75, 3.05) is 11.5 Å². The SMILES string of the molecule is Cc1ccc(-c2cc(C(=O)NCc3ccccc3F)nn2C2CCS(=O)(=O)C2)cc1C. The third-order valence-corrected chi connectivity index (χ3v) is 7.47. The minimum absolute atomic E-state index is 0.00279. The number of rotatable bonds is 5. The second kappa shape index (κ2) is 8.26. The monoisotopic (exact) mass is 441 g/mol. The van der Waals surface area contributed by atoms with Gasteiger partial charge in [0, 0.05) is 17.7 Å². The number of carbonyl (C=O) groups excluding carboxylic acids is 1. The van der Waals surface area contributed by atoms with E-state index in [0.717, 1.165) is 16.7 Å². The first kappa shape index (κ1) is 21.2. The predicted molar refractivity (Wildman–Crippen MR) is 117 cm³/mol. The summed E-state index contributed by atoms with van der Waals surface area (Å²) in [6, 6.07) is 13.5. The lowest BCUT2D eigenvalue weighted by Crippen LogP contribution is -2.24. The van der Waals surface area contributed by atoms with Gasteiger partial charge in [-0.3, -0.25) is 9.48 Å². The topological polar surface area (TPSA) is 81.1 Å². The van der Waals surface area contributed by atoms with E-state index in [1.165, 1.54) is 6.07 Å². The smallest absolute Gasteiger partial charge is 0.272 e. The number of benzene rings is 2. The number of halogens is 1. The van der Waals surface area contributed by atoms with Crippen molar-refractivity contribution in [1.29, 1.82) is 0 Å². The van der Waals surface area contributed by atoms with Crippen LogP contribution >= 0.6 is 0 Å². The summed E-state index contributed by atoms with van der Waals surface area (Å²) in [5.74, 6) is -0.713.